The molecular weight excluding hydrogens is 421 g/mol. The number of nitrogens with two attached hydrogens (primary N) is 1. The first-order valence-electron chi connectivity index (χ1n) is 7.98. The molecule has 0 aliphatic carbocycles. The lowest BCUT2D eigenvalue weighted by Gasteiger charge is -2.09. The molecule has 4 aromatic rings. The Kier molecular flexibility index (Phi) is 6.20. The first-order chi connectivity index (χ1) is 13.1. The second kappa shape index (κ2) is 8.61. The number of nitrogens with one attached hydrogen (secondary N) is 2. The minimum absolute atomic E-state index is 0. The first kappa shape index (κ1) is 20.2. The number of halogens is 2. The number of hydrogen-bond donors (Lipinski definition) is 3. The summed E-state index contributed by atoms with van der Waals surface area (Å²) in [5, 5.41) is 7.77. The number of benzene rings is 1. The van der Waals surface area contributed by atoms with E-state index in [0.717, 1.165) is 15.6 Å². The Morgan fingerprint density at radius 2 is 2.07 bits per heavy atom. The smallest absolute Gasteiger partial charge is 0.275 e. The fraction of sp³-hybridized carbons (Fsp3) is 0.0556. The van der Waals surface area contributed by atoms with E-state index >= 15 is 0 Å². The lowest BCUT2D eigenvalue weighted by molar-refractivity contribution is 0.102. The van der Waals surface area contributed by atoms with Crippen LogP contribution in [0.3, 0.4) is 0 Å². The van der Waals surface area contributed by atoms with Crippen molar-refractivity contribution in [3.63, 3.8) is 0 Å². The van der Waals surface area contributed by atoms with Gasteiger partial charge in [0.1, 0.15) is 21.5 Å². The molecule has 0 fully saturated rings. The van der Waals surface area contributed by atoms with Gasteiger partial charge >= 0.3 is 0 Å². The fourth-order valence-corrected chi connectivity index (χ4v) is 3.99. The van der Waals surface area contributed by atoms with Crippen LogP contribution in [-0.4, -0.2) is 20.9 Å². The molecule has 0 radical (unpaired) electrons. The molecule has 3 heterocycles. The third-order valence-corrected chi connectivity index (χ3v) is 5.58. The van der Waals surface area contributed by atoms with Crippen molar-refractivity contribution < 1.29 is 9.18 Å². The summed E-state index contributed by atoms with van der Waals surface area (Å²) in [6, 6.07) is 6.04. The number of aromatic nitrogens is 3. The number of carbonyl (C=O) groups is 1. The third kappa shape index (κ3) is 4.12. The van der Waals surface area contributed by atoms with Gasteiger partial charge in [-0.1, -0.05) is 0 Å². The van der Waals surface area contributed by atoms with Crippen LogP contribution in [0.1, 0.15) is 15.5 Å². The van der Waals surface area contributed by atoms with Gasteiger partial charge in [0.15, 0.2) is 0 Å². The summed E-state index contributed by atoms with van der Waals surface area (Å²) in [6.45, 7) is 0.308. The van der Waals surface area contributed by atoms with E-state index in [1.807, 2.05) is 12.3 Å². The molecule has 0 unspecified atom stereocenters. The van der Waals surface area contributed by atoms with Crippen LogP contribution in [0.15, 0.2) is 47.4 Å². The van der Waals surface area contributed by atoms with Crippen LogP contribution in [0.2, 0.25) is 0 Å². The number of nitrogens with zero attached hydrogens (tertiary/aromatic N) is 2. The average Bonchev–Trinajstić information content (AvgIpc) is 3.42. The number of aromatic amines is 1. The first-order valence-corrected chi connectivity index (χ1v) is 9.74. The molecule has 28 heavy (non-hydrogen) atoms. The summed E-state index contributed by atoms with van der Waals surface area (Å²) in [4.78, 5) is 24.3. The Labute approximate surface area is 174 Å². The molecule has 0 aliphatic heterocycles. The number of amides is 1. The zero-order valence-electron chi connectivity index (χ0n) is 14.3. The molecule has 0 aliphatic rings. The Hall–Kier alpha value is -2.59. The highest BCUT2D eigenvalue weighted by Gasteiger charge is 2.16. The van der Waals surface area contributed by atoms with Crippen molar-refractivity contribution in [1.82, 2.24) is 15.0 Å². The van der Waals surface area contributed by atoms with Gasteiger partial charge in [-0.15, -0.1) is 35.1 Å². The van der Waals surface area contributed by atoms with E-state index in [1.54, 1.807) is 17.0 Å². The zero-order chi connectivity index (χ0) is 18.8. The molecular formula is C18H15ClFN5OS2. The van der Waals surface area contributed by atoms with Gasteiger partial charge in [-0.2, -0.15) is 0 Å². The average molecular weight is 436 g/mol. The van der Waals surface area contributed by atoms with Crippen molar-refractivity contribution in [1.29, 1.82) is 0 Å². The van der Waals surface area contributed by atoms with Crippen LogP contribution in [0.5, 0.6) is 0 Å². The van der Waals surface area contributed by atoms with Crippen LogP contribution < -0.4 is 11.1 Å². The number of H-pyrrole nitrogens is 1. The zero-order valence-corrected chi connectivity index (χ0v) is 16.8. The van der Waals surface area contributed by atoms with Crippen LogP contribution in [0.4, 0.5) is 10.1 Å². The second-order valence-corrected chi connectivity index (χ2v) is 7.41. The van der Waals surface area contributed by atoms with Crippen molar-refractivity contribution in [3.8, 4) is 21.8 Å². The highest BCUT2D eigenvalue weighted by atomic mass is 35.5. The highest BCUT2D eigenvalue weighted by Crippen LogP contribution is 2.31. The summed E-state index contributed by atoms with van der Waals surface area (Å²) in [6.07, 6.45) is 3.61. The Morgan fingerprint density at radius 3 is 2.79 bits per heavy atom. The number of carbonyl (C=O) groups excluding carboxylic acids is 1. The molecule has 0 saturated carbocycles. The lowest BCUT2D eigenvalue weighted by atomic mass is 10.1. The normalized spacial score (nSPS) is 10.5. The predicted octanol–water partition coefficient (Wildman–Crippen LogP) is 4.53. The maximum atomic E-state index is 13.8. The van der Waals surface area contributed by atoms with Crippen molar-refractivity contribution in [3.05, 3.63) is 63.9 Å². The Bertz CT molecular complexity index is 1090. The molecule has 0 atom stereocenters. The van der Waals surface area contributed by atoms with Gasteiger partial charge in [0.25, 0.3) is 5.91 Å². The van der Waals surface area contributed by atoms with Gasteiger partial charge in [-0.25, -0.2) is 14.4 Å². The van der Waals surface area contributed by atoms with Gasteiger partial charge in [-0.3, -0.25) is 4.79 Å². The second-order valence-electron chi connectivity index (χ2n) is 5.61. The SMILES string of the molecule is Cl.NCc1nc(-c2cc(F)ccc2NC(=O)c2csc(-c3cc[nH]c3)n2)cs1. The van der Waals surface area contributed by atoms with Gasteiger partial charge in [0.05, 0.1) is 11.4 Å². The number of hydrogen-bond acceptors (Lipinski definition) is 6. The number of rotatable bonds is 5. The van der Waals surface area contributed by atoms with Crippen molar-refractivity contribution in [2.45, 2.75) is 6.54 Å². The molecule has 6 nitrogen and oxygen atoms in total. The summed E-state index contributed by atoms with van der Waals surface area (Å²) < 4.78 is 13.8. The number of anilines is 1. The Balaban J connectivity index is 0.00000225. The summed E-state index contributed by atoms with van der Waals surface area (Å²) in [5.41, 5.74) is 8.35. The molecule has 0 spiro atoms. The van der Waals surface area contributed by atoms with E-state index in [1.165, 1.54) is 40.9 Å². The maximum absolute atomic E-state index is 13.8. The van der Waals surface area contributed by atoms with Crippen LogP contribution in [0, 0.1) is 5.82 Å². The van der Waals surface area contributed by atoms with Crippen LogP contribution in [0.25, 0.3) is 21.8 Å². The van der Waals surface area contributed by atoms with Crippen molar-refractivity contribution in [2.24, 2.45) is 5.73 Å². The molecule has 4 N–H and O–H groups in total. The molecule has 144 valence electrons. The van der Waals surface area contributed by atoms with E-state index in [-0.39, 0.29) is 18.3 Å². The minimum atomic E-state index is -0.409. The summed E-state index contributed by atoms with van der Waals surface area (Å²) in [5.74, 6) is -0.774. The van der Waals surface area contributed by atoms with Gasteiger partial charge in [0, 0.05) is 40.8 Å². The quantitative estimate of drug-likeness (QED) is 0.429. The molecule has 10 heteroatoms. The highest BCUT2D eigenvalue weighted by molar-refractivity contribution is 7.13. The summed E-state index contributed by atoms with van der Waals surface area (Å²) >= 11 is 2.77. The van der Waals surface area contributed by atoms with Crippen molar-refractivity contribution >= 4 is 46.7 Å². The largest absolute Gasteiger partial charge is 0.367 e. The predicted molar refractivity (Wildman–Crippen MR) is 113 cm³/mol. The fourth-order valence-electron chi connectivity index (χ4n) is 2.52. The number of thiazole rings is 2. The minimum Gasteiger partial charge on any atom is -0.367 e. The monoisotopic (exact) mass is 435 g/mol. The standard InChI is InChI=1S/C18H14FN5OS2.ClH/c19-11-1-2-13(12(5-11)14-8-26-16(6-20)22-14)23-17(25)15-9-27-18(24-15)10-3-4-21-7-10;/h1-5,7-9,21H,6,20H2,(H,23,25);1H. The third-order valence-electron chi connectivity index (χ3n) is 3.81. The lowest BCUT2D eigenvalue weighted by Crippen LogP contribution is -2.13. The molecule has 4 rings (SSSR count). The molecule has 0 saturated heterocycles. The molecule has 3 aromatic heterocycles. The van der Waals surface area contributed by atoms with Gasteiger partial charge in [-0.05, 0) is 24.3 Å². The maximum Gasteiger partial charge on any atom is 0.275 e. The van der Waals surface area contributed by atoms with Crippen molar-refractivity contribution in [2.75, 3.05) is 5.32 Å². The Morgan fingerprint density at radius 1 is 1.21 bits per heavy atom. The summed E-state index contributed by atoms with van der Waals surface area (Å²) in [7, 11) is 0. The molecule has 1 amide bonds. The van der Waals surface area contributed by atoms with Crippen LogP contribution in [-0.2, 0) is 6.54 Å². The topological polar surface area (TPSA) is 96.7 Å². The van der Waals surface area contributed by atoms with E-state index < -0.39 is 5.82 Å². The van der Waals surface area contributed by atoms with Gasteiger partial charge < -0.3 is 16.0 Å². The molecule has 1 aromatic carbocycles. The van der Waals surface area contributed by atoms with E-state index in [2.05, 4.69) is 20.3 Å². The molecule has 0 bridgehead atoms. The van der Waals surface area contributed by atoms with E-state index in [0.29, 0.717) is 29.2 Å². The van der Waals surface area contributed by atoms with E-state index in [9.17, 15) is 9.18 Å². The van der Waals surface area contributed by atoms with Crippen LogP contribution >= 0.6 is 35.1 Å². The van der Waals surface area contributed by atoms with E-state index in [4.69, 9.17) is 5.73 Å². The van der Waals surface area contributed by atoms with Gasteiger partial charge in [0.2, 0.25) is 0 Å².